The van der Waals surface area contributed by atoms with Gasteiger partial charge in [0.15, 0.2) is 0 Å². The summed E-state index contributed by atoms with van der Waals surface area (Å²) in [6, 6.07) is 2.00. The third-order valence-corrected chi connectivity index (χ3v) is 4.69. The summed E-state index contributed by atoms with van der Waals surface area (Å²) < 4.78 is 0.763. The second kappa shape index (κ2) is 5.95. The van der Waals surface area contributed by atoms with Crippen LogP contribution in [0.25, 0.3) is 0 Å². The highest BCUT2D eigenvalue weighted by Gasteiger charge is 2.20. The van der Waals surface area contributed by atoms with Crippen molar-refractivity contribution in [2.75, 3.05) is 0 Å². The summed E-state index contributed by atoms with van der Waals surface area (Å²) >= 11 is 3.48. The number of phenols is 1. The van der Waals surface area contributed by atoms with E-state index in [-0.39, 0.29) is 5.75 Å². The number of hydrogen-bond donors (Lipinski definition) is 2. The molecule has 0 fully saturated rings. The molecule has 0 bridgehead atoms. The molecule has 1 aromatic carbocycles. The van der Waals surface area contributed by atoms with Crippen molar-refractivity contribution in [2.45, 2.75) is 45.4 Å². The lowest BCUT2D eigenvalue weighted by molar-refractivity contribution is -0.141. The van der Waals surface area contributed by atoms with Gasteiger partial charge < -0.3 is 10.2 Å². The first-order valence-corrected chi connectivity index (χ1v) is 7.55. The molecule has 4 heteroatoms. The van der Waals surface area contributed by atoms with Gasteiger partial charge in [0.05, 0.1) is 10.4 Å². The van der Waals surface area contributed by atoms with Gasteiger partial charge in [-0.15, -0.1) is 0 Å². The number of carboxylic acids is 1. The summed E-state index contributed by atoms with van der Waals surface area (Å²) in [4.78, 5) is 11.0. The Balaban J connectivity index is 2.37. The first-order chi connectivity index (χ1) is 9.00. The number of hydrogen-bond acceptors (Lipinski definition) is 2. The highest BCUT2D eigenvalue weighted by molar-refractivity contribution is 9.10. The van der Waals surface area contributed by atoms with Crippen LogP contribution < -0.4 is 0 Å². The van der Waals surface area contributed by atoms with Gasteiger partial charge in [-0.1, -0.05) is 19.4 Å². The molecule has 0 aromatic heterocycles. The molecule has 0 amide bonds. The van der Waals surface area contributed by atoms with E-state index >= 15 is 0 Å². The summed E-state index contributed by atoms with van der Waals surface area (Å²) in [7, 11) is 0. The number of carboxylic acid groups (broad SMARTS) is 1. The Morgan fingerprint density at radius 3 is 2.74 bits per heavy atom. The van der Waals surface area contributed by atoms with Crippen LogP contribution in [0.15, 0.2) is 10.5 Å². The van der Waals surface area contributed by atoms with Crippen molar-refractivity contribution < 1.29 is 15.0 Å². The maximum atomic E-state index is 11.0. The quantitative estimate of drug-likeness (QED) is 0.833. The zero-order valence-corrected chi connectivity index (χ0v) is 12.7. The van der Waals surface area contributed by atoms with Crippen LogP contribution in [0.5, 0.6) is 5.75 Å². The topological polar surface area (TPSA) is 57.5 Å². The molecule has 0 saturated heterocycles. The first-order valence-electron chi connectivity index (χ1n) is 6.75. The third kappa shape index (κ3) is 3.11. The number of phenolic OH excluding ortho intramolecular Hbond substituents is 1. The van der Waals surface area contributed by atoms with Crippen molar-refractivity contribution in [1.82, 2.24) is 0 Å². The van der Waals surface area contributed by atoms with Crippen LogP contribution in [0, 0.1) is 5.92 Å². The molecule has 2 N–H and O–H groups in total. The van der Waals surface area contributed by atoms with Crippen molar-refractivity contribution in [2.24, 2.45) is 5.92 Å². The SMILES string of the molecule is CC(Cc1cc2c(c(Br)c1O)CCCCC2)C(=O)O. The maximum absolute atomic E-state index is 11.0. The Morgan fingerprint density at radius 2 is 2.05 bits per heavy atom. The molecule has 0 heterocycles. The molecule has 19 heavy (non-hydrogen) atoms. The van der Waals surface area contributed by atoms with Gasteiger partial charge in [-0.25, -0.2) is 0 Å². The van der Waals surface area contributed by atoms with Gasteiger partial charge in [-0.2, -0.15) is 0 Å². The van der Waals surface area contributed by atoms with E-state index in [0.29, 0.717) is 6.42 Å². The van der Waals surface area contributed by atoms with Crippen LogP contribution in [-0.4, -0.2) is 16.2 Å². The highest BCUT2D eigenvalue weighted by atomic mass is 79.9. The van der Waals surface area contributed by atoms with Crippen molar-refractivity contribution in [3.05, 3.63) is 27.2 Å². The smallest absolute Gasteiger partial charge is 0.306 e. The second-order valence-corrected chi connectivity index (χ2v) is 6.13. The largest absolute Gasteiger partial charge is 0.506 e. The Bertz CT molecular complexity index is 497. The average molecular weight is 327 g/mol. The molecule has 2 rings (SSSR count). The van der Waals surface area contributed by atoms with E-state index in [1.165, 1.54) is 17.5 Å². The lowest BCUT2D eigenvalue weighted by Crippen LogP contribution is -2.13. The molecule has 1 unspecified atom stereocenters. The molecular weight excluding hydrogens is 308 g/mol. The van der Waals surface area contributed by atoms with E-state index < -0.39 is 11.9 Å². The number of aromatic hydroxyl groups is 1. The number of benzene rings is 1. The number of aryl methyl sites for hydroxylation is 1. The monoisotopic (exact) mass is 326 g/mol. The van der Waals surface area contributed by atoms with E-state index in [2.05, 4.69) is 15.9 Å². The Kier molecular flexibility index (Phi) is 4.50. The molecule has 0 aliphatic heterocycles. The molecule has 0 saturated carbocycles. The predicted molar refractivity (Wildman–Crippen MR) is 77.6 cm³/mol. The number of carbonyl (C=O) groups is 1. The minimum atomic E-state index is -0.828. The van der Waals surface area contributed by atoms with Crippen LogP contribution in [0.4, 0.5) is 0 Å². The van der Waals surface area contributed by atoms with Crippen LogP contribution in [0.2, 0.25) is 0 Å². The standard InChI is InChI=1S/C15H19BrO3/c1-9(15(18)19)7-11-8-10-5-3-2-4-6-12(10)13(16)14(11)17/h8-9,17H,2-7H2,1H3,(H,18,19). The van der Waals surface area contributed by atoms with E-state index in [1.54, 1.807) is 6.92 Å². The van der Waals surface area contributed by atoms with Gasteiger partial charge >= 0.3 is 5.97 Å². The Hall–Kier alpha value is -1.03. The van der Waals surface area contributed by atoms with E-state index in [9.17, 15) is 9.90 Å². The van der Waals surface area contributed by atoms with Crippen LogP contribution in [0.1, 0.15) is 42.9 Å². The van der Waals surface area contributed by atoms with Gasteiger partial charge in [0.25, 0.3) is 0 Å². The van der Waals surface area contributed by atoms with Crippen molar-refractivity contribution >= 4 is 21.9 Å². The zero-order chi connectivity index (χ0) is 14.0. The average Bonchev–Trinajstić information content (AvgIpc) is 2.60. The number of rotatable bonds is 3. The van der Waals surface area contributed by atoms with Crippen LogP contribution in [0.3, 0.4) is 0 Å². The fraction of sp³-hybridized carbons (Fsp3) is 0.533. The molecule has 1 aliphatic carbocycles. The van der Waals surface area contributed by atoms with Crippen LogP contribution in [-0.2, 0) is 24.1 Å². The fourth-order valence-electron chi connectivity index (χ4n) is 2.65. The molecule has 0 radical (unpaired) electrons. The lowest BCUT2D eigenvalue weighted by atomic mass is 9.94. The van der Waals surface area contributed by atoms with Crippen molar-refractivity contribution in [3.63, 3.8) is 0 Å². The number of halogens is 1. The van der Waals surface area contributed by atoms with E-state index in [1.807, 2.05) is 6.07 Å². The number of fused-ring (bicyclic) bond motifs is 1. The normalized spacial score (nSPS) is 16.5. The van der Waals surface area contributed by atoms with Gasteiger partial charge in [-0.05, 0) is 64.7 Å². The Labute approximate surface area is 121 Å². The molecule has 3 nitrogen and oxygen atoms in total. The summed E-state index contributed by atoms with van der Waals surface area (Å²) in [5, 5.41) is 19.2. The minimum Gasteiger partial charge on any atom is -0.506 e. The van der Waals surface area contributed by atoms with Gasteiger partial charge in [0.1, 0.15) is 5.75 Å². The number of aliphatic carboxylic acids is 1. The van der Waals surface area contributed by atoms with Gasteiger partial charge in [0, 0.05) is 0 Å². The van der Waals surface area contributed by atoms with Crippen molar-refractivity contribution in [3.8, 4) is 5.75 Å². The van der Waals surface area contributed by atoms with Crippen LogP contribution >= 0.6 is 15.9 Å². The second-order valence-electron chi connectivity index (χ2n) is 5.34. The van der Waals surface area contributed by atoms with Gasteiger partial charge in [0.2, 0.25) is 0 Å². The Morgan fingerprint density at radius 1 is 1.37 bits per heavy atom. The van der Waals surface area contributed by atoms with Gasteiger partial charge in [-0.3, -0.25) is 4.79 Å². The molecule has 1 aliphatic rings. The molecule has 1 aromatic rings. The van der Waals surface area contributed by atoms with Crippen molar-refractivity contribution in [1.29, 1.82) is 0 Å². The summed E-state index contributed by atoms with van der Waals surface area (Å²) in [6.07, 6.45) is 5.89. The fourth-order valence-corrected chi connectivity index (χ4v) is 3.36. The zero-order valence-electron chi connectivity index (χ0n) is 11.1. The highest BCUT2D eigenvalue weighted by Crippen LogP contribution is 2.38. The lowest BCUT2D eigenvalue weighted by Gasteiger charge is -2.16. The van der Waals surface area contributed by atoms with E-state index in [4.69, 9.17) is 5.11 Å². The molecule has 104 valence electrons. The molecule has 1 atom stereocenters. The third-order valence-electron chi connectivity index (χ3n) is 3.83. The van der Waals surface area contributed by atoms with E-state index in [0.717, 1.165) is 35.7 Å². The first kappa shape index (κ1) is 14.4. The predicted octanol–water partition coefficient (Wildman–Crippen LogP) is 3.69. The minimum absolute atomic E-state index is 0.216. The molecule has 0 spiro atoms. The summed E-state index contributed by atoms with van der Waals surface area (Å²) in [5.41, 5.74) is 3.19. The molecular formula is C15H19BrO3. The summed E-state index contributed by atoms with van der Waals surface area (Å²) in [6.45, 7) is 1.67. The summed E-state index contributed by atoms with van der Waals surface area (Å²) in [5.74, 6) is -1.10. The maximum Gasteiger partial charge on any atom is 0.306 e.